The standard InChI is InChI=1S/C14H15N3O4S/c1-2-15-14(19)10-4-3-5-16(7-10)8-12(18)13-6-11(9-22-13)17(20)21/h3,5-7,9H,2,4,8H2,1H3,(H,15,19). The van der Waals surface area contributed by atoms with Gasteiger partial charge in [0.05, 0.1) is 21.7 Å². The Morgan fingerprint density at radius 2 is 2.27 bits per heavy atom. The van der Waals surface area contributed by atoms with Gasteiger partial charge in [-0.05, 0) is 13.3 Å². The zero-order valence-corrected chi connectivity index (χ0v) is 12.8. The lowest BCUT2D eigenvalue weighted by atomic mass is 10.1. The van der Waals surface area contributed by atoms with E-state index in [9.17, 15) is 19.7 Å². The summed E-state index contributed by atoms with van der Waals surface area (Å²) < 4.78 is 0. The zero-order chi connectivity index (χ0) is 16.1. The van der Waals surface area contributed by atoms with Gasteiger partial charge in [-0.3, -0.25) is 19.7 Å². The molecule has 0 aromatic carbocycles. The van der Waals surface area contributed by atoms with Gasteiger partial charge in [-0.25, -0.2) is 0 Å². The number of nitrogens with one attached hydrogen (secondary N) is 1. The summed E-state index contributed by atoms with van der Waals surface area (Å²) in [4.78, 5) is 36.0. The molecule has 0 unspecified atom stereocenters. The lowest BCUT2D eigenvalue weighted by Crippen LogP contribution is -2.28. The van der Waals surface area contributed by atoms with E-state index in [0.29, 0.717) is 23.4 Å². The number of rotatable bonds is 6. The Morgan fingerprint density at radius 1 is 1.50 bits per heavy atom. The maximum Gasteiger partial charge on any atom is 0.280 e. The molecule has 1 N–H and O–H groups in total. The van der Waals surface area contributed by atoms with Gasteiger partial charge >= 0.3 is 0 Å². The van der Waals surface area contributed by atoms with E-state index >= 15 is 0 Å². The predicted octanol–water partition coefficient (Wildman–Crippen LogP) is 2.08. The molecule has 22 heavy (non-hydrogen) atoms. The van der Waals surface area contributed by atoms with E-state index in [4.69, 9.17) is 0 Å². The lowest BCUT2D eigenvalue weighted by Gasteiger charge is -2.20. The van der Waals surface area contributed by atoms with E-state index in [1.54, 1.807) is 23.4 Å². The van der Waals surface area contributed by atoms with Crippen LogP contribution in [0.1, 0.15) is 23.0 Å². The summed E-state index contributed by atoms with van der Waals surface area (Å²) in [5, 5.41) is 14.7. The molecule has 116 valence electrons. The molecule has 2 heterocycles. The molecule has 1 aromatic rings. The molecule has 0 radical (unpaired) electrons. The van der Waals surface area contributed by atoms with Gasteiger partial charge in [-0.15, -0.1) is 11.3 Å². The third-order valence-corrected chi connectivity index (χ3v) is 3.94. The molecule has 1 aromatic heterocycles. The van der Waals surface area contributed by atoms with E-state index in [-0.39, 0.29) is 23.9 Å². The lowest BCUT2D eigenvalue weighted by molar-refractivity contribution is -0.384. The van der Waals surface area contributed by atoms with E-state index < -0.39 is 4.92 Å². The van der Waals surface area contributed by atoms with Gasteiger partial charge in [0.1, 0.15) is 0 Å². The van der Waals surface area contributed by atoms with Crippen LogP contribution in [0, 0.1) is 10.1 Å². The van der Waals surface area contributed by atoms with Crippen molar-refractivity contribution in [2.75, 3.05) is 13.1 Å². The van der Waals surface area contributed by atoms with Crippen LogP contribution < -0.4 is 5.32 Å². The molecule has 0 bridgehead atoms. The van der Waals surface area contributed by atoms with Gasteiger partial charge in [0.15, 0.2) is 5.78 Å². The topological polar surface area (TPSA) is 92.6 Å². The Morgan fingerprint density at radius 3 is 2.91 bits per heavy atom. The van der Waals surface area contributed by atoms with E-state index in [1.807, 2.05) is 6.92 Å². The highest BCUT2D eigenvalue weighted by atomic mass is 32.1. The number of carbonyl (C=O) groups is 2. The fourth-order valence-electron chi connectivity index (χ4n) is 1.95. The van der Waals surface area contributed by atoms with Gasteiger partial charge in [0.25, 0.3) is 5.69 Å². The van der Waals surface area contributed by atoms with Crippen molar-refractivity contribution in [1.29, 1.82) is 0 Å². The number of Topliss-reactive ketones (excluding diaryl/α,β-unsaturated/α-hetero) is 1. The molecule has 1 aliphatic heterocycles. The van der Waals surface area contributed by atoms with Crippen LogP contribution in [0.25, 0.3) is 0 Å². The molecule has 1 amide bonds. The van der Waals surface area contributed by atoms with E-state index in [0.717, 1.165) is 11.3 Å². The van der Waals surface area contributed by atoms with Crippen LogP contribution in [-0.4, -0.2) is 34.6 Å². The second-order valence-corrected chi connectivity index (χ2v) is 5.54. The Labute approximate surface area is 131 Å². The Bertz CT molecular complexity index is 663. The summed E-state index contributed by atoms with van der Waals surface area (Å²) in [7, 11) is 0. The summed E-state index contributed by atoms with van der Waals surface area (Å²) in [5.74, 6) is -0.382. The van der Waals surface area contributed by atoms with Crippen LogP contribution in [0.4, 0.5) is 5.69 Å². The number of likely N-dealkylation sites (N-methyl/N-ethyl adjacent to an activating group) is 1. The Balaban J connectivity index is 2.04. The molecule has 0 saturated carbocycles. The number of thiophene rings is 1. The van der Waals surface area contributed by atoms with Gasteiger partial charge in [-0.2, -0.15) is 0 Å². The number of carbonyl (C=O) groups excluding carboxylic acids is 2. The summed E-state index contributed by atoms with van der Waals surface area (Å²) in [6.07, 6.45) is 5.67. The first kappa shape index (κ1) is 15.9. The summed E-state index contributed by atoms with van der Waals surface area (Å²) in [6.45, 7) is 2.41. The predicted molar refractivity (Wildman–Crippen MR) is 82.5 cm³/mol. The van der Waals surface area contributed by atoms with Crippen LogP contribution in [0.3, 0.4) is 0 Å². The van der Waals surface area contributed by atoms with Crippen LogP contribution in [-0.2, 0) is 4.79 Å². The fraction of sp³-hybridized carbons (Fsp3) is 0.286. The van der Waals surface area contributed by atoms with Crippen molar-refractivity contribution in [3.8, 4) is 0 Å². The van der Waals surface area contributed by atoms with Gasteiger partial charge < -0.3 is 10.2 Å². The highest BCUT2D eigenvalue weighted by Gasteiger charge is 2.18. The second kappa shape index (κ2) is 6.99. The van der Waals surface area contributed by atoms with Gasteiger partial charge in [-0.1, -0.05) is 6.08 Å². The number of hydrogen-bond donors (Lipinski definition) is 1. The van der Waals surface area contributed by atoms with Crippen LogP contribution >= 0.6 is 11.3 Å². The van der Waals surface area contributed by atoms with Crippen molar-refractivity contribution < 1.29 is 14.5 Å². The highest BCUT2D eigenvalue weighted by Crippen LogP contribution is 2.22. The SMILES string of the molecule is CCNC(=O)C1=CN(CC(=O)c2cc([N+](=O)[O-])cs2)C=CC1. The molecule has 0 saturated heterocycles. The first-order chi connectivity index (χ1) is 10.5. The second-order valence-electron chi connectivity index (χ2n) is 4.62. The van der Waals surface area contributed by atoms with Crippen LogP contribution in [0.2, 0.25) is 0 Å². The van der Waals surface area contributed by atoms with Crippen molar-refractivity contribution in [2.24, 2.45) is 0 Å². The van der Waals surface area contributed by atoms with Crippen molar-refractivity contribution in [3.05, 3.63) is 50.5 Å². The van der Waals surface area contributed by atoms with Gasteiger partial charge in [0.2, 0.25) is 5.91 Å². The largest absolute Gasteiger partial charge is 0.353 e. The summed E-state index contributed by atoms with van der Waals surface area (Å²) in [5.41, 5.74) is 0.496. The van der Waals surface area contributed by atoms with Crippen molar-refractivity contribution >= 4 is 28.7 Å². The quantitative estimate of drug-likeness (QED) is 0.492. The number of hydrogen-bond acceptors (Lipinski definition) is 6. The first-order valence-electron chi connectivity index (χ1n) is 6.68. The molecule has 2 rings (SSSR count). The Kier molecular flexibility index (Phi) is 5.05. The highest BCUT2D eigenvalue weighted by molar-refractivity contribution is 7.12. The first-order valence-corrected chi connectivity index (χ1v) is 7.56. The Hall–Kier alpha value is -2.48. The number of ketones is 1. The molecular formula is C14H15N3O4S. The van der Waals surface area contributed by atoms with E-state index in [2.05, 4.69) is 5.32 Å². The number of amides is 1. The molecule has 7 nitrogen and oxygen atoms in total. The monoisotopic (exact) mass is 321 g/mol. The van der Waals surface area contributed by atoms with Gasteiger partial charge in [0, 0.05) is 30.6 Å². The number of nitrogens with zero attached hydrogens (tertiary/aromatic N) is 2. The average molecular weight is 321 g/mol. The molecule has 0 fully saturated rings. The minimum Gasteiger partial charge on any atom is -0.353 e. The minimum atomic E-state index is -0.527. The normalized spacial score (nSPS) is 13.7. The van der Waals surface area contributed by atoms with Crippen molar-refractivity contribution in [2.45, 2.75) is 13.3 Å². The van der Waals surface area contributed by atoms with E-state index in [1.165, 1.54) is 11.4 Å². The molecule has 0 atom stereocenters. The molecule has 1 aliphatic rings. The summed E-state index contributed by atoms with van der Waals surface area (Å²) >= 11 is 1.05. The van der Waals surface area contributed by atoms with Crippen LogP contribution in [0.5, 0.6) is 0 Å². The summed E-state index contributed by atoms with van der Waals surface area (Å²) in [6, 6.07) is 1.27. The third kappa shape index (κ3) is 3.79. The number of nitro groups is 1. The molecule has 0 spiro atoms. The third-order valence-electron chi connectivity index (χ3n) is 2.98. The molecule has 0 aliphatic carbocycles. The maximum absolute atomic E-state index is 12.1. The van der Waals surface area contributed by atoms with Crippen molar-refractivity contribution in [1.82, 2.24) is 10.2 Å². The number of allylic oxidation sites excluding steroid dienone is 1. The average Bonchev–Trinajstić information content (AvgIpc) is 2.98. The van der Waals surface area contributed by atoms with Crippen molar-refractivity contribution in [3.63, 3.8) is 0 Å². The zero-order valence-electron chi connectivity index (χ0n) is 11.9. The fourth-order valence-corrected chi connectivity index (χ4v) is 2.73. The minimum absolute atomic E-state index is 0.0388. The van der Waals surface area contributed by atoms with Crippen LogP contribution in [0.15, 0.2) is 35.5 Å². The molecular weight excluding hydrogens is 306 g/mol. The molecule has 8 heteroatoms. The maximum atomic E-state index is 12.1. The smallest absolute Gasteiger partial charge is 0.280 e.